The number of hydrogen-bond acceptors (Lipinski definition) is 5. The summed E-state index contributed by atoms with van der Waals surface area (Å²) >= 11 is 2.53. The fourth-order valence-electron chi connectivity index (χ4n) is 1.56. The van der Waals surface area contributed by atoms with Gasteiger partial charge in [-0.15, -0.1) is 22.7 Å². The first-order chi connectivity index (χ1) is 10.4. The van der Waals surface area contributed by atoms with E-state index in [1.54, 1.807) is 24.6 Å². The van der Waals surface area contributed by atoms with E-state index in [2.05, 4.69) is 25.6 Å². The molecule has 0 saturated heterocycles. The Balaban J connectivity index is 1.85. The maximum absolute atomic E-state index is 12.5. The maximum Gasteiger partial charge on any atom is 0.434 e. The van der Waals surface area contributed by atoms with Crippen LogP contribution in [0.3, 0.4) is 0 Å². The van der Waals surface area contributed by atoms with Crippen LogP contribution in [0.15, 0.2) is 16.6 Å². The highest BCUT2D eigenvalue weighted by atomic mass is 32.1. The zero-order chi connectivity index (χ0) is 16.2. The maximum atomic E-state index is 12.5. The van der Waals surface area contributed by atoms with Crippen molar-refractivity contribution in [2.24, 2.45) is 4.99 Å². The zero-order valence-electron chi connectivity index (χ0n) is 11.9. The average Bonchev–Trinajstić information content (AvgIpc) is 3.07. The summed E-state index contributed by atoms with van der Waals surface area (Å²) in [5.41, 5.74) is -0.864. The third-order valence-electron chi connectivity index (χ3n) is 2.57. The number of halogens is 3. The lowest BCUT2D eigenvalue weighted by molar-refractivity contribution is -0.140. The molecular formula is C12H14F3N5S2. The predicted octanol–water partition coefficient (Wildman–Crippen LogP) is 2.79. The third-order valence-corrected chi connectivity index (χ3v) is 4.33. The summed E-state index contributed by atoms with van der Waals surface area (Å²) in [6, 6.07) is 0. The van der Waals surface area contributed by atoms with Gasteiger partial charge in [0, 0.05) is 23.5 Å². The van der Waals surface area contributed by atoms with Gasteiger partial charge in [-0.1, -0.05) is 0 Å². The van der Waals surface area contributed by atoms with Gasteiger partial charge >= 0.3 is 6.18 Å². The Bertz CT molecular complexity index is 647. The van der Waals surface area contributed by atoms with Gasteiger partial charge in [0.2, 0.25) is 0 Å². The molecule has 0 bridgehead atoms. The van der Waals surface area contributed by atoms with Crippen LogP contribution in [-0.2, 0) is 19.3 Å². The number of hydrogen-bond donors (Lipinski definition) is 2. The molecule has 0 atom stereocenters. The fourth-order valence-corrected chi connectivity index (χ4v) is 3.04. The Labute approximate surface area is 133 Å². The molecular weight excluding hydrogens is 335 g/mol. The number of thiazole rings is 2. The zero-order valence-corrected chi connectivity index (χ0v) is 13.5. The van der Waals surface area contributed by atoms with Crippen LogP contribution in [0, 0.1) is 6.92 Å². The van der Waals surface area contributed by atoms with Crippen molar-refractivity contribution in [2.75, 3.05) is 7.05 Å². The molecule has 0 aliphatic rings. The van der Waals surface area contributed by atoms with Crippen molar-refractivity contribution in [1.29, 1.82) is 0 Å². The molecule has 5 nitrogen and oxygen atoms in total. The van der Waals surface area contributed by atoms with Crippen LogP contribution in [0.4, 0.5) is 13.2 Å². The van der Waals surface area contributed by atoms with Gasteiger partial charge in [0.25, 0.3) is 0 Å². The number of aliphatic imine (C=N–C) groups is 1. The molecule has 2 aromatic heterocycles. The molecule has 10 heteroatoms. The molecule has 0 radical (unpaired) electrons. The van der Waals surface area contributed by atoms with E-state index in [-0.39, 0.29) is 6.54 Å². The Kier molecular flexibility index (Phi) is 5.35. The van der Waals surface area contributed by atoms with Gasteiger partial charge in [0.15, 0.2) is 11.7 Å². The summed E-state index contributed by atoms with van der Waals surface area (Å²) < 4.78 is 37.4. The highest BCUT2D eigenvalue weighted by Gasteiger charge is 2.33. The lowest BCUT2D eigenvalue weighted by Gasteiger charge is -2.09. The molecule has 0 saturated carbocycles. The second-order valence-electron chi connectivity index (χ2n) is 4.25. The van der Waals surface area contributed by atoms with Crippen LogP contribution in [0.2, 0.25) is 0 Å². The van der Waals surface area contributed by atoms with E-state index in [9.17, 15) is 13.2 Å². The Morgan fingerprint density at radius 3 is 2.59 bits per heavy atom. The first kappa shape index (κ1) is 16.7. The minimum atomic E-state index is -4.40. The number of nitrogens with one attached hydrogen (secondary N) is 2. The van der Waals surface area contributed by atoms with E-state index >= 15 is 0 Å². The lowest BCUT2D eigenvalue weighted by Crippen LogP contribution is -2.36. The summed E-state index contributed by atoms with van der Waals surface area (Å²) in [7, 11) is 1.59. The molecule has 120 valence electrons. The third kappa shape index (κ3) is 4.67. The van der Waals surface area contributed by atoms with E-state index in [0.29, 0.717) is 17.5 Å². The minimum absolute atomic E-state index is 0.183. The van der Waals surface area contributed by atoms with E-state index in [4.69, 9.17) is 0 Å². The van der Waals surface area contributed by atoms with E-state index in [1.807, 2.05) is 6.92 Å². The van der Waals surface area contributed by atoms with Crippen LogP contribution in [0.1, 0.15) is 20.6 Å². The van der Waals surface area contributed by atoms with Crippen LogP contribution < -0.4 is 10.6 Å². The first-order valence-corrected chi connectivity index (χ1v) is 7.95. The first-order valence-electron chi connectivity index (χ1n) is 6.26. The quantitative estimate of drug-likeness (QED) is 0.658. The Morgan fingerprint density at radius 1 is 1.32 bits per heavy atom. The van der Waals surface area contributed by atoms with Crippen LogP contribution in [-0.4, -0.2) is 23.0 Å². The molecule has 0 aliphatic heterocycles. The van der Waals surface area contributed by atoms with Crippen LogP contribution in [0.5, 0.6) is 0 Å². The molecule has 0 unspecified atom stereocenters. The van der Waals surface area contributed by atoms with Crippen molar-refractivity contribution in [1.82, 2.24) is 20.6 Å². The highest BCUT2D eigenvalue weighted by molar-refractivity contribution is 7.11. The number of rotatable bonds is 4. The largest absolute Gasteiger partial charge is 0.434 e. The molecule has 0 amide bonds. The molecule has 0 spiro atoms. The van der Waals surface area contributed by atoms with Crippen LogP contribution >= 0.6 is 22.7 Å². The van der Waals surface area contributed by atoms with Gasteiger partial charge in [0.05, 0.1) is 18.1 Å². The summed E-state index contributed by atoms with van der Waals surface area (Å²) in [5, 5.41) is 8.33. The van der Waals surface area contributed by atoms with E-state index in [0.717, 1.165) is 26.6 Å². The second kappa shape index (κ2) is 7.05. The lowest BCUT2D eigenvalue weighted by atomic mass is 10.5. The van der Waals surface area contributed by atoms with Crippen molar-refractivity contribution >= 4 is 28.6 Å². The second-order valence-corrected chi connectivity index (χ2v) is 6.51. The van der Waals surface area contributed by atoms with Gasteiger partial charge in [0.1, 0.15) is 5.01 Å². The van der Waals surface area contributed by atoms with Gasteiger partial charge in [-0.05, 0) is 6.92 Å². The van der Waals surface area contributed by atoms with Crippen molar-refractivity contribution in [3.63, 3.8) is 0 Å². The minimum Gasteiger partial charge on any atom is -0.351 e. The number of aryl methyl sites for hydroxylation is 1. The van der Waals surface area contributed by atoms with Gasteiger partial charge < -0.3 is 10.6 Å². The topological polar surface area (TPSA) is 62.2 Å². The van der Waals surface area contributed by atoms with Crippen molar-refractivity contribution in [2.45, 2.75) is 26.2 Å². The van der Waals surface area contributed by atoms with Crippen LogP contribution in [0.25, 0.3) is 0 Å². The molecule has 0 aliphatic carbocycles. The van der Waals surface area contributed by atoms with Gasteiger partial charge in [-0.25, -0.2) is 9.97 Å². The molecule has 2 N–H and O–H groups in total. The normalized spacial score (nSPS) is 12.5. The number of guanidine groups is 1. The highest BCUT2D eigenvalue weighted by Crippen LogP contribution is 2.29. The van der Waals surface area contributed by atoms with Gasteiger partial charge in [-0.2, -0.15) is 13.2 Å². The molecule has 22 heavy (non-hydrogen) atoms. The fraction of sp³-hybridized carbons (Fsp3) is 0.417. The monoisotopic (exact) mass is 349 g/mol. The standard InChI is InChI=1S/C12H14F3N5S2/c1-7-17-3-8(22-7)4-18-11(16-2)19-5-10-20-9(6-21-10)12(13,14)15/h3,6H,4-5H2,1-2H3,(H2,16,18,19). The van der Waals surface area contributed by atoms with Gasteiger partial charge in [-0.3, -0.25) is 4.99 Å². The number of alkyl halides is 3. The molecule has 0 fully saturated rings. The molecule has 2 heterocycles. The van der Waals surface area contributed by atoms with E-state index < -0.39 is 11.9 Å². The molecule has 2 rings (SSSR count). The Hall–Kier alpha value is -1.68. The average molecular weight is 349 g/mol. The van der Waals surface area contributed by atoms with E-state index in [1.165, 1.54) is 0 Å². The summed E-state index contributed by atoms with van der Waals surface area (Å²) in [5.74, 6) is 0.495. The number of nitrogens with zero attached hydrogens (tertiary/aromatic N) is 3. The number of aromatic nitrogens is 2. The Morgan fingerprint density at radius 2 is 2.05 bits per heavy atom. The summed E-state index contributed by atoms with van der Waals surface area (Å²) in [6.45, 7) is 2.65. The molecule has 2 aromatic rings. The molecule has 0 aromatic carbocycles. The predicted molar refractivity (Wildman–Crippen MR) is 81.0 cm³/mol. The van der Waals surface area contributed by atoms with Crippen molar-refractivity contribution in [3.8, 4) is 0 Å². The van der Waals surface area contributed by atoms with Crippen molar-refractivity contribution in [3.05, 3.63) is 32.2 Å². The summed E-state index contributed by atoms with van der Waals surface area (Å²) in [4.78, 5) is 12.8. The SMILES string of the molecule is CN=C(NCc1cnc(C)s1)NCc1nc(C(F)(F)F)cs1. The summed E-state index contributed by atoms with van der Waals surface area (Å²) in [6.07, 6.45) is -2.63. The smallest absolute Gasteiger partial charge is 0.351 e. The van der Waals surface area contributed by atoms with Crippen molar-refractivity contribution < 1.29 is 13.2 Å².